The highest BCUT2D eigenvalue weighted by atomic mass is 16.6. The minimum absolute atomic E-state index is 0.0655. The minimum atomic E-state index is -0.766. The highest BCUT2D eigenvalue weighted by molar-refractivity contribution is 5.71. The van der Waals surface area contributed by atoms with Crippen molar-refractivity contribution in [3.05, 3.63) is 48.6 Å². The quantitative estimate of drug-likeness (QED) is 0.0261. The molecule has 0 bridgehead atoms. The average molecular weight is 1150 g/mol. The maximum Gasteiger partial charge on any atom is 0.306 e. The van der Waals surface area contributed by atoms with E-state index in [0.29, 0.717) is 19.3 Å². The highest BCUT2D eigenvalue weighted by Gasteiger charge is 2.19. The van der Waals surface area contributed by atoms with Crippen LogP contribution in [0.15, 0.2) is 48.6 Å². The first kappa shape index (κ1) is 79.4. The number of hydrogen-bond acceptors (Lipinski definition) is 6. The smallest absolute Gasteiger partial charge is 0.306 e. The van der Waals surface area contributed by atoms with Gasteiger partial charge in [0, 0.05) is 19.3 Å². The molecule has 0 radical (unpaired) electrons. The molecule has 0 fully saturated rings. The molecule has 0 aliphatic rings. The summed E-state index contributed by atoms with van der Waals surface area (Å²) in [4.78, 5) is 38.2. The molecule has 0 saturated heterocycles. The van der Waals surface area contributed by atoms with Crippen molar-refractivity contribution in [3.63, 3.8) is 0 Å². The molecule has 0 aromatic heterocycles. The molecular formula is C76H140O6. The van der Waals surface area contributed by atoms with E-state index in [4.69, 9.17) is 14.2 Å². The summed E-state index contributed by atoms with van der Waals surface area (Å²) in [5, 5.41) is 0. The molecule has 0 aliphatic heterocycles. The van der Waals surface area contributed by atoms with Gasteiger partial charge in [-0.15, -0.1) is 0 Å². The Kier molecular flexibility index (Phi) is 68.6. The zero-order valence-electron chi connectivity index (χ0n) is 55.3. The SMILES string of the molecule is CC/C=C\C/C=C\C/C=C\C/C=C\CCCCCCCCCCCCCCCCCCCCCCC(=O)OCC(COC(=O)CCCCCCCCC)OC(=O)CCCCCCCCCCCCCCCCCCCCCCCCCC. The van der Waals surface area contributed by atoms with Crippen LogP contribution >= 0.6 is 0 Å². The molecule has 82 heavy (non-hydrogen) atoms. The lowest BCUT2D eigenvalue weighted by atomic mass is 10.0. The van der Waals surface area contributed by atoms with Gasteiger partial charge in [0.25, 0.3) is 0 Å². The molecule has 6 heteroatoms. The molecule has 1 atom stereocenters. The van der Waals surface area contributed by atoms with Gasteiger partial charge >= 0.3 is 17.9 Å². The number of allylic oxidation sites excluding steroid dienone is 8. The van der Waals surface area contributed by atoms with Crippen LogP contribution in [-0.4, -0.2) is 37.2 Å². The molecule has 1 unspecified atom stereocenters. The van der Waals surface area contributed by atoms with E-state index in [0.717, 1.165) is 83.5 Å². The molecule has 0 amide bonds. The van der Waals surface area contributed by atoms with Crippen molar-refractivity contribution in [2.45, 2.75) is 406 Å². The minimum Gasteiger partial charge on any atom is -0.462 e. The van der Waals surface area contributed by atoms with Crippen molar-refractivity contribution >= 4 is 17.9 Å². The largest absolute Gasteiger partial charge is 0.462 e. The summed E-state index contributed by atoms with van der Waals surface area (Å²) in [5.74, 6) is -0.842. The summed E-state index contributed by atoms with van der Waals surface area (Å²) in [6.45, 7) is 6.56. The maximum absolute atomic E-state index is 12.9. The van der Waals surface area contributed by atoms with E-state index in [1.807, 2.05) is 0 Å². The van der Waals surface area contributed by atoms with Crippen molar-refractivity contribution in [1.29, 1.82) is 0 Å². The molecule has 0 aromatic carbocycles. The summed E-state index contributed by atoms with van der Waals surface area (Å²) in [6, 6.07) is 0. The topological polar surface area (TPSA) is 78.9 Å². The molecule has 0 saturated carbocycles. The Morgan fingerprint density at radius 1 is 0.256 bits per heavy atom. The van der Waals surface area contributed by atoms with Crippen molar-refractivity contribution in [3.8, 4) is 0 Å². The molecule has 6 nitrogen and oxygen atoms in total. The van der Waals surface area contributed by atoms with Crippen LogP contribution in [0.25, 0.3) is 0 Å². The van der Waals surface area contributed by atoms with Crippen LogP contribution in [0, 0.1) is 0 Å². The van der Waals surface area contributed by atoms with E-state index < -0.39 is 6.10 Å². The van der Waals surface area contributed by atoms with Crippen LogP contribution in [0.1, 0.15) is 400 Å². The lowest BCUT2D eigenvalue weighted by Gasteiger charge is -2.18. The fraction of sp³-hybridized carbons (Fsp3) is 0.855. The fourth-order valence-corrected chi connectivity index (χ4v) is 11.1. The van der Waals surface area contributed by atoms with Crippen LogP contribution in [0.4, 0.5) is 0 Å². The zero-order chi connectivity index (χ0) is 59.2. The molecule has 0 aliphatic carbocycles. The molecule has 0 N–H and O–H groups in total. The third kappa shape index (κ3) is 68.2. The van der Waals surface area contributed by atoms with Crippen LogP contribution < -0.4 is 0 Å². The van der Waals surface area contributed by atoms with Gasteiger partial charge in [0.2, 0.25) is 0 Å². The summed E-state index contributed by atoms with van der Waals surface area (Å²) in [5.41, 5.74) is 0. The van der Waals surface area contributed by atoms with Gasteiger partial charge in [0.15, 0.2) is 6.10 Å². The third-order valence-electron chi connectivity index (χ3n) is 16.6. The average Bonchev–Trinajstić information content (AvgIpc) is 3.48. The van der Waals surface area contributed by atoms with E-state index in [1.54, 1.807) is 0 Å². The summed E-state index contributed by atoms with van der Waals surface area (Å²) >= 11 is 0. The number of carbonyl (C=O) groups is 3. The highest BCUT2D eigenvalue weighted by Crippen LogP contribution is 2.19. The Balaban J connectivity index is 3.97. The van der Waals surface area contributed by atoms with Gasteiger partial charge in [0.05, 0.1) is 0 Å². The summed E-state index contributed by atoms with van der Waals surface area (Å²) in [7, 11) is 0. The van der Waals surface area contributed by atoms with Gasteiger partial charge in [-0.25, -0.2) is 0 Å². The second-order valence-electron chi connectivity index (χ2n) is 24.8. The predicted molar refractivity (Wildman–Crippen MR) is 358 cm³/mol. The second-order valence-corrected chi connectivity index (χ2v) is 24.8. The number of esters is 3. The van der Waals surface area contributed by atoms with Crippen molar-refractivity contribution in [2.75, 3.05) is 13.2 Å². The van der Waals surface area contributed by atoms with Gasteiger partial charge in [0.1, 0.15) is 13.2 Å². The van der Waals surface area contributed by atoms with Crippen molar-refractivity contribution < 1.29 is 28.6 Å². The van der Waals surface area contributed by atoms with Gasteiger partial charge in [-0.1, -0.05) is 371 Å². The van der Waals surface area contributed by atoms with Crippen LogP contribution in [0.3, 0.4) is 0 Å². The molecular weight excluding hydrogens is 1010 g/mol. The number of ether oxygens (including phenoxy) is 3. The van der Waals surface area contributed by atoms with Gasteiger partial charge in [-0.2, -0.15) is 0 Å². The van der Waals surface area contributed by atoms with E-state index in [1.165, 1.54) is 276 Å². The Labute approximate surface area is 511 Å². The lowest BCUT2D eigenvalue weighted by molar-refractivity contribution is -0.167. The Bertz CT molecular complexity index is 1410. The normalized spacial score (nSPS) is 12.3. The second kappa shape index (κ2) is 70.9. The van der Waals surface area contributed by atoms with E-state index in [9.17, 15) is 14.4 Å². The van der Waals surface area contributed by atoms with Crippen LogP contribution in [0.5, 0.6) is 0 Å². The molecule has 0 aromatic rings. The maximum atomic E-state index is 12.9. The Morgan fingerprint density at radius 2 is 0.476 bits per heavy atom. The van der Waals surface area contributed by atoms with Crippen LogP contribution in [-0.2, 0) is 28.6 Å². The first-order valence-corrected chi connectivity index (χ1v) is 36.6. The predicted octanol–water partition coefficient (Wildman–Crippen LogP) is 25.3. The number of hydrogen-bond donors (Lipinski definition) is 0. The van der Waals surface area contributed by atoms with E-state index in [2.05, 4.69) is 69.4 Å². The Hall–Kier alpha value is -2.63. The number of rotatable bonds is 68. The van der Waals surface area contributed by atoms with Crippen molar-refractivity contribution in [1.82, 2.24) is 0 Å². The summed E-state index contributed by atoms with van der Waals surface area (Å²) in [6.07, 6.45) is 90.5. The molecule has 0 rings (SSSR count). The Morgan fingerprint density at radius 3 is 0.744 bits per heavy atom. The van der Waals surface area contributed by atoms with Gasteiger partial charge < -0.3 is 14.2 Å². The first-order valence-electron chi connectivity index (χ1n) is 36.6. The molecule has 0 spiro atoms. The standard InChI is InChI=1S/C76H140O6/c1-4-7-10-13-16-18-20-22-24-26-28-30-32-34-35-36-37-38-39-40-41-42-44-45-47-49-51-53-55-57-60-63-66-69-75(78)81-72-73(71-80-74(77)68-65-62-59-15-12-9-6-3)82-76(79)70-67-64-61-58-56-54-52-50-48-46-43-33-31-29-27-25-23-21-19-17-14-11-8-5-2/h7,10,16,18,22,24,28,30,73H,4-6,8-9,11-15,17,19-21,23,25-27,29,31-72H2,1-3H3/b10-7-,18-16-,24-22-,30-28-. The zero-order valence-corrected chi connectivity index (χ0v) is 55.3. The monoisotopic (exact) mass is 1150 g/mol. The van der Waals surface area contributed by atoms with Crippen molar-refractivity contribution in [2.24, 2.45) is 0 Å². The van der Waals surface area contributed by atoms with Crippen LogP contribution in [0.2, 0.25) is 0 Å². The van der Waals surface area contributed by atoms with Gasteiger partial charge in [-0.05, 0) is 57.8 Å². The molecule has 0 heterocycles. The third-order valence-corrected chi connectivity index (χ3v) is 16.6. The van der Waals surface area contributed by atoms with Gasteiger partial charge in [-0.3, -0.25) is 14.4 Å². The summed E-state index contributed by atoms with van der Waals surface area (Å²) < 4.78 is 16.9. The fourth-order valence-electron chi connectivity index (χ4n) is 11.1. The number of unbranched alkanes of at least 4 members (excludes halogenated alkanes) is 49. The molecule has 480 valence electrons. The first-order chi connectivity index (χ1) is 40.5. The number of carbonyl (C=O) groups excluding carboxylic acids is 3. The van der Waals surface area contributed by atoms with E-state index >= 15 is 0 Å². The lowest BCUT2D eigenvalue weighted by Crippen LogP contribution is -2.30. The van der Waals surface area contributed by atoms with E-state index in [-0.39, 0.29) is 31.1 Å².